The predicted octanol–water partition coefficient (Wildman–Crippen LogP) is 6.34. The molecule has 0 aliphatic carbocycles. The number of nitrogens with one attached hydrogen (secondary N) is 1. The molecular weight excluding hydrogens is 598 g/mol. The van der Waals surface area contributed by atoms with Gasteiger partial charge in [0.15, 0.2) is 0 Å². The SMILES string of the molecule is CC(C)(C)OC(=O)NCCCN1CCCN(CCC(CCCOc2cccc(C(=O)OC(C)(C)C)c2)OC(=O)c2ccccc2)CC1. The molecule has 1 saturated heterocycles. The highest BCUT2D eigenvalue weighted by molar-refractivity contribution is 5.90. The standard InChI is InChI=1S/C37H55N3O7/c1-36(2,3)46-34(42)30-16-10-17-32(28-30)44-27-11-18-31(45-33(41)29-14-8-7-9-15-29)19-24-40-23-13-22-39(25-26-40)21-12-20-38-35(43)47-37(4,5)6/h7-10,14-17,28,31H,11-13,18-27H2,1-6H3,(H,38,43). The maximum atomic E-state index is 12.9. The molecule has 0 bridgehead atoms. The number of hydrogen-bond donors (Lipinski definition) is 1. The fraction of sp³-hybridized carbons (Fsp3) is 0.595. The van der Waals surface area contributed by atoms with Crippen LogP contribution >= 0.6 is 0 Å². The zero-order valence-corrected chi connectivity index (χ0v) is 29.2. The number of ether oxygens (including phenoxy) is 4. The fourth-order valence-corrected chi connectivity index (χ4v) is 5.21. The number of esters is 2. The first-order chi connectivity index (χ1) is 22.3. The van der Waals surface area contributed by atoms with Crippen molar-refractivity contribution >= 4 is 18.0 Å². The number of carbonyl (C=O) groups excluding carboxylic acids is 3. The Bertz CT molecular complexity index is 1260. The van der Waals surface area contributed by atoms with Crippen LogP contribution in [0.25, 0.3) is 0 Å². The molecule has 0 saturated carbocycles. The average Bonchev–Trinajstić information content (AvgIpc) is 3.24. The average molecular weight is 654 g/mol. The topological polar surface area (TPSA) is 107 Å². The lowest BCUT2D eigenvalue weighted by Gasteiger charge is -2.25. The molecule has 260 valence electrons. The van der Waals surface area contributed by atoms with Crippen LogP contribution in [0.2, 0.25) is 0 Å². The van der Waals surface area contributed by atoms with Gasteiger partial charge in [0.05, 0.1) is 17.7 Å². The molecule has 0 aromatic heterocycles. The van der Waals surface area contributed by atoms with Crippen molar-refractivity contribution in [3.63, 3.8) is 0 Å². The molecular formula is C37H55N3O7. The van der Waals surface area contributed by atoms with Gasteiger partial charge in [0.2, 0.25) is 0 Å². The summed E-state index contributed by atoms with van der Waals surface area (Å²) < 4.78 is 22.8. The quantitative estimate of drug-likeness (QED) is 0.134. The van der Waals surface area contributed by atoms with Gasteiger partial charge in [-0.2, -0.15) is 0 Å². The molecule has 0 spiro atoms. The minimum absolute atomic E-state index is 0.252. The van der Waals surface area contributed by atoms with Gasteiger partial charge in [-0.15, -0.1) is 0 Å². The Labute approximate surface area is 281 Å². The third-order valence-corrected chi connectivity index (χ3v) is 7.46. The number of rotatable bonds is 15. The summed E-state index contributed by atoms with van der Waals surface area (Å²) in [6.07, 6.45) is 3.38. The van der Waals surface area contributed by atoms with Crippen LogP contribution in [0.4, 0.5) is 4.79 Å². The van der Waals surface area contributed by atoms with E-state index in [1.807, 2.05) is 65.8 Å². The summed E-state index contributed by atoms with van der Waals surface area (Å²) in [5, 5.41) is 2.84. The molecule has 2 aromatic rings. The van der Waals surface area contributed by atoms with Gasteiger partial charge in [0.1, 0.15) is 23.1 Å². The van der Waals surface area contributed by atoms with Crippen molar-refractivity contribution in [2.45, 2.75) is 91.0 Å². The Hall–Kier alpha value is -3.63. The maximum absolute atomic E-state index is 12.9. The van der Waals surface area contributed by atoms with Gasteiger partial charge in [-0.05, 0) is 124 Å². The lowest BCUT2D eigenvalue weighted by atomic mass is 10.1. The van der Waals surface area contributed by atoms with Gasteiger partial charge in [0, 0.05) is 26.2 Å². The van der Waals surface area contributed by atoms with Crippen LogP contribution in [0.15, 0.2) is 54.6 Å². The van der Waals surface area contributed by atoms with Crippen molar-refractivity contribution < 1.29 is 33.3 Å². The van der Waals surface area contributed by atoms with E-state index in [2.05, 4.69) is 15.1 Å². The van der Waals surface area contributed by atoms with E-state index in [-0.39, 0.29) is 24.1 Å². The first kappa shape index (κ1) is 37.8. The molecule has 1 amide bonds. The molecule has 3 rings (SSSR count). The molecule has 2 aromatic carbocycles. The molecule has 47 heavy (non-hydrogen) atoms. The lowest BCUT2D eigenvalue weighted by molar-refractivity contribution is 0.00683. The van der Waals surface area contributed by atoms with Gasteiger partial charge >= 0.3 is 18.0 Å². The van der Waals surface area contributed by atoms with Gasteiger partial charge in [0.25, 0.3) is 0 Å². The van der Waals surface area contributed by atoms with Gasteiger partial charge in [-0.25, -0.2) is 14.4 Å². The molecule has 0 radical (unpaired) electrons. The summed E-state index contributed by atoms with van der Waals surface area (Å²) in [5.41, 5.74) is -0.0863. The van der Waals surface area contributed by atoms with Gasteiger partial charge < -0.3 is 34.1 Å². The molecule has 10 nitrogen and oxygen atoms in total. The van der Waals surface area contributed by atoms with Crippen LogP contribution in [0.3, 0.4) is 0 Å². The fourth-order valence-electron chi connectivity index (χ4n) is 5.21. The molecule has 1 atom stereocenters. The van der Waals surface area contributed by atoms with E-state index < -0.39 is 11.2 Å². The molecule has 10 heteroatoms. The minimum Gasteiger partial charge on any atom is -0.494 e. The van der Waals surface area contributed by atoms with Crippen LogP contribution < -0.4 is 10.1 Å². The van der Waals surface area contributed by atoms with E-state index >= 15 is 0 Å². The van der Waals surface area contributed by atoms with Crippen molar-refractivity contribution in [2.24, 2.45) is 0 Å². The zero-order chi connectivity index (χ0) is 34.3. The second-order valence-electron chi connectivity index (χ2n) is 14.0. The summed E-state index contributed by atoms with van der Waals surface area (Å²) >= 11 is 0. The van der Waals surface area contributed by atoms with E-state index in [1.165, 1.54) is 0 Å². The number of benzene rings is 2. The minimum atomic E-state index is -0.574. The summed E-state index contributed by atoms with van der Waals surface area (Å²) in [7, 11) is 0. The number of alkyl carbamates (subject to hydrolysis) is 1. The van der Waals surface area contributed by atoms with Crippen molar-refractivity contribution in [3.05, 3.63) is 65.7 Å². The summed E-state index contributed by atoms with van der Waals surface area (Å²) in [4.78, 5) is 42.2. The normalized spacial score (nSPS) is 15.3. The van der Waals surface area contributed by atoms with E-state index in [0.717, 1.165) is 58.5 Å². The molecule has 1 aliphatic rings. The smallest absolute Gasteiger partial charge is 0.407 e. The summed E-state index contributed by atoms with van der Waals surface area (Å²) in [6.45, 7) is 17.8. The second-order valence-corrected chi connectivity index (χ2v) is 14.0. The third-order valence-electron chi connectivity index (χ3n) is 7.46. The molecule has 1 aliphatic heterocycles. The third kappa shape index (κ3) is 15.7. The van der Waals surface area contributed by atoms with Crippen LogP contribution in [-0.4, -0.2) is 97.6 Å². The van der Waals surface area contributed by atoms with Crippen molar-refractivity contribution in [1.82, 2.24) is 15.1 Å². The number of amides is 1. The predicted molar refractivity (Wildman–Crippen MR) is 183 cm³/mol. The van der Waals surface area contributed by atoms with Crippen LogP contribution in [0, 0.1) is 0 Å². The molecule has 1 N–H and O–H groups in total. The molecule has 1 fully saturated rings. The van der Waals surface area contributed by atoms with Crippen LogP contribution in [-0.2, 0) is 14.2 Å². The van der Waals surface area contributed by atoms with Crippen LogP contribution in [0.5, 0.6) is 5.75 Å². The second kappa shape index (κ2) is 18.6. The monoisotopic (exact) mass is 653 g/mol. The van der Waals surface area contributed by atoms with Gasteiger partial charge in [-0.1, -0.05) is 24.3 Å². The highest BCUT2D eigenvalue weighted by Gasteiger charge is 2.21. The summed E-state index contributed by atoms with van der Waals surface area (Å²) in [6, 6.07) is 16.1. The Morgan fingerprint density at radius 1 is 0.745 bits per heavy atom. The Kier molecular flexibility index (Phi) is 15.0. The Morgan fingerprint density at radius 3 is 2.09 bits per heavy atom. The molecule has 1 unspecified atom stereocenters. The lowest BCUT2D eigenvalue weighted by Crippen LogP contribution is -2.36. The first-order valence-electron chi connectivity index (χ1n) is 16.9. The number of nitrogens with zero attached hydrogens (tertiary/aromatic N) is 2. The first-order valence-corrected chi connectivity index (χ1v) is 16.9. The largest absolute Gasteiger partial charge is 0.494 e. The number of carbonyl (C=O) groups is 3. The van der Waals surface area contributed by atoms with Gasteiger partial charge in [-0.3, -0.25) is 0 Å². The highest BCUT2D eigenvalue weighted by atomic mass is 16.6. The highest BCUT2D eigenvalue weighted by Crippen LogP contribution is 2.19. The van der Waals surface area contributed by atoms with Crippen molar-refractivity contribution in [2.75, 3.05) is 52.4 Å². The number of hydrogen-bond acceptors (Lipinski definition) is 9. The van der Waals surface area contributed by atoms with E-state index in [1.54, 1.807) is 30.3 Å². The zero-order valence-electron chi connectivity index (χ0n) is 29.2. The van der Waals surface area contributed by atoms with E-state index in [0.29, 0.717) is 42.9 Å². The van der Waals surface area contributed by atoms with E-state index in [9.17, 15) is 14.4 Å². The van der Waals surface area contributed by atoms with Crippen LogP contribution in [0.1, 0.15) is 94.4 Å². The summed E-state index contributed by atoms with van der Waals surface area (Å²) in [5.74, 6) is -0.104. The van der Waals surface area contributed by atoms with Crippen molar-refractivity contribution in [3.8, 4) is 5.75 Å². The molecule has 1 heterocycles. The van der Waals surface area contributed by atoms with E-state index in [4.69, 9.17) is 18.9 Å². The Morgan fingerprint density at radius 2 is 1.40 bits per heavy atom. The maximum Gasteiger partial charge on any atom is 0.407 e. The Balaban J connectivity index is 1.46. The van der Waals surface area contributed by atoms with Crippen molar-refractivity contribution in [1.29, 1.82) is 0 Å².